The van der Waals surface area contributed by atoms with Gasteiger partial charge in [-0.25, -0.2) is 0 Å². The molecular weight excluding hydrogens is 1020 g/mol. The van der Waals surface area contributed by atoms with Crippen molar-refractivity contribution in [1.82, 2.24) is 0 Å². The smallest absolute Gasteiger partial charge is 0.306 e. The Labute approximate surface area is 518 Å². The highest BCUT2D eigenvalue weighted by Gasteiger charge is 2.19. The van der Waals surface area contributed by atoms with E-state index < -0.39 is 6.10 Å². The van der Waals surface area contributed by atoms with Gasteiger partial charge in [-0.3, -0.25) is 14.4 Å². The summed E-state index contributed by atoms with van der Waals surface area (Å²) in [6.07, 6.45) is 90.6. The molecule has 1 atom stereocenters. The maximum absolute atomic E-state index is 12.9. The van der Waals surface area contributed by atoms with Gasteiger partial charge in [0.15, 0.2) is 6.10 Å². The highest BCUT2D eigenvalue weighted by Crippen LogP contribution is 2.19. The molecule has 0 fully saturated rings. The zero-order valence-corrected chi connectivity index (χ0v) is 56.2. The van der Waals surface area contributed by atoms with Gasteiger partial charge in [0.25, 0.3) is 0 Å². The Morgan fingerprint density at radius 1 is 0.229 bits per heavy atom. The summed E-state index contributed by atoms with van der Waals surface area (Å²) < 4.78 is 17.0. The van der Waals surface area contributed by atoms with Crippen molar-refractivity contribution in [2.45, 2.75) is 425 Å². The molecular formula is C77H144O6. The fourth-order valence-electron chi connectivity index (χ4n) is 11.4. The van der Waals surface area contributed by atoms with Crippen LogP contribution in [-0.2, 0) is 28.6 Å². The summed E-state index contributed by atoms with van der Waals surface area (Å²) in [6.45, 7) is 6.69. The van der Waals surface area contributed by atoms with Gasteiger partial charge in [0.2, 0.25) is 0 Å². The Bertz CT molecular complexity index is 1380. The summed E-state index contributed by atoms with van der Waals surface area (Å²) in [5.74, 6) is -0.861. The van der Waals surface area contributed by atoms with Gasteiger partial charge >= 0.3 is 17.9 Å². The van der Waals surface area contributed by atoms with Gasteiger partial charge in [-0.2, -0.15) is 0 Å². The Hall–Kier alpha value is -2.37. The molecule has 6 heteroatoms. The molecule has 6 nitrogen and oxygen atoms in total. The molecule has 0 aromatic rings. The van der Waals surface area contributed by atoms with E-state index in [9.17, 15) is 14.4 Å². The SMILES string of the molecule is CCCCCCCCC/C=C\CCCCCCCC(=O)OCC(COC(=O)CCCCCCCCCCCCCCCCCCCCCCC/C=C\CCCCCCCCCC)OC(=O)CCCCCCC/C=C\CCCCCCCCC. The lowest BCUT2D eigenvalue weighted by atomic mass is 10.0. The normalized spacial score (nSPS) is 12.2. The third-order valence-electron chi connectivity index (χ3n) is 17.1. The number of carbonyl (C=O) groups is 3. The Morgan fingerprint density at radius 3 is 0.602 bits per heavy atom. The second-order valence-electron chi connectivity index (χ2n) is 25.6. The van der Waals surface area contributed by atoms with Gasteiger partial charge in [0, 0.05) is 19.3 Å². The first-order valence-corrected chi connectivity index (χ1v) is 37.5. The summed E-state index contributed by atoms with van der Waals surface area (Å²) >= 11 is 0. The average molecular weight is 1170 g/mol. The molecule has 0 saturated heterocycles. The van der Waals surface area contributed by atoms with E-state index in [0.29, 0.717) is 19.3 Å². The van der Waals surface area contributed by atoms with Crippen molar-refractivity contribution in [2.75, 3.05) is 13.2 Å². The van der Waals surface area contributed by atoms with Crippen LogP contribution in [0.15, 0.2) is 36.5 Å². The van der Waals surface area contributed by atoms with Crippen molar-refractivity contribution < 1.29 is 28.6 Å². The molecule has 0 amide bonds. The summed E-state index contributed by atoms with van der Waals surface area (Å²) in [7, 11) is 0. The second-order valence-corrected chi connectivity index (χ2v) is 25.6. The predicted molar refractivity (Wildman–Crippen MR) is 362 cm³/mol. The van der Waals surface area contributed by atoms with Crippen LogP contribution in [0.1, 0.15) is 419 Å². The molecule has 1 unspecified atom stereocenters. The number of rotatable bonds is 70. The molecule has 0 bridgehead atoms. The van der Waals surface area contributed by atoms with Gasteiger partial charge in [-0.15, -0.1) is 0 Å². The van der Waals surface area contributed by atoms with Crippen molar-refractivity contribution in [3.05, 3.63) is 36.5 Å². The lowest BCUT2D eigenvalue weighted by Gasteiger charge is -2.18. The minimum absolute atomic E-state index is 0.0733. The molecule has 0 aliphatic rings. The molecule has 0 spiro atoms. The van der Waals surface area contributed by atoms with Gasteiger partial charge in [-0.05, 0) is 96.3 Å². The topological polar surface area (TPSA) is 78.9 Å². The van der Waals surface area contributed by atoms with Crippen LogP contribution in [0.25, 0.3) is 0 Å². The molecule has 0 aliphatic carbocycles. The van der Waals surface area contributed by atoms with Crippen LogP contribution in [0.3, 0.4) is 0 Å². The number of esters is 3. The number of allylic oxidation sites excluding steroid dienone is 6. The van der Waals surface area contributed by atoms with Gasteiger partial charge in [0.1, 0.15) is 13.2 Å². The maximum atomic E-state index is 12.9. The minimum Gasteiger partial charge on any atom is -0.462 e. The fraction of sp³-hybridized carbons (Fsp3) is 0.883. The van der Waals surface area contributed by atoms with E-state index in [2.05, 4.69) is 57.2 Å². The molecule has 0 radical (unpaired) electrons. The summed E-state index contributed by atoms with van der Waals surface area (Å²) in [4.78, 5) is 38.4. The Kier molecular flexibility index (Phi) is 70.0. The van der Waals surface area contributed by atoms with Crippen LogP contribution < -0.4 is 0 Å². The van der Waals surface area contributed by atoms with Crippen LogP contribution in [-0.4, -0.2) is 37.2 Å². The molecule has 0 aliphatic heterocycles. The maximum Gasteiger partial charge on any atom is 0.306 e. The quantitative estimate of drug-likeness (QED) is 0.0261. The van der Waals surface area contributed by atoms with Crippen molar-refractivity contribution >= 4 is 17.9 Å². The highest BCUT2D eigenvalue weighted by molar-refractivity contribution is 5.71. The predicted octanol–water partition coefficient (Wildman–Crippen LogP) is 25.9. The molecule has 0 aromatic carbocycles. The van der Waals surface area contributed by atoms with Gasteiger partial charge in [-0.1, -0.05) is 340 Å². The zero-order valence-electron chi connectivity index (χ0n) is 56.2. The first kappa shape index (κ1) is 80.6. The van der Waals surface area contributed by atoms with Crippen LogP contribution >= 0.6 is 0 Å². The third kappa shape index (κ3) is 70.3. The number of unbranched alkanes of at least 4 members (excludes halogenated alkanes) is 53. The highest BCUT2D eigenvalue weighted by atomic mass is 16.6. The van der Waals surface area contributed by atoms with Crippen LogP contribution in [0.2, 0.25) is 0 Å². The van der Waals surface area contributed by atoms with E-state index in [1.807, 2.05) is 0 Å². The van der Waals surface area contributed by atoms with E-state index in [-0.39, 0.29) is 31.1 Å². The van der Waals surface area contributed by atoms with Crippen LogP contribution in [0, 0.1) is 0 Å². The van der Waals surface area contributed by atoms with Crippen LogP contribution in [0.4, 0.5) is 0 Å². The fourth-order valence-corrected chi connectivity index (χ4v) is 11.4. The lowest BCUT2D eigenvalue weighted by Crippen LogP contribution is -2.30. The number of hydrogen-bond donors (Lipinski definition) is 0. The molecule has 83 heavy (non-hydrogen) atoms. The molecule has 0 aromatic heterocycles. The van der Waals surface area contributed by atoms with Gasteiger partial charge < -0.3 is 14.2 Å². The minimum atomic E-state index is -0.779. The first-order chi connectivity index (χ1) is 41.0. The molecule has 0 rings (SSSR count). The van der Waals surface area contributed by atoms with E-state index in [1.54, 1.807) is 0 Å². The van der Waals surface area contributed by atoms with Crippen LogP contribution in [0.5, 0.6) is 0 Å². The Balaban J connectivity index is 4.14. The third-order valence-corrected chi connectivity index (χ3v) is 17.1. The number of ether oxygens (including phenoxy) is 3. The summed E-state index contributed by atoms with van der Waals surface area (Å²) in [5.41, 5.74) is 0. The zero-order chi connectivity index (χ0) is 59.9. The van der Waals surface area contributed by atoms with E-state index in [0.717, 1.165) is 70.6 Å². The standard InChI is InChI=1S/C77H144O6/c1-4-7-10-13-16-19-22-25-28-31-32-33-34-35-36-37-38-39-40-41-42-43-44-45-46-47-50-52-55-58-61-64-67-70-76(79)82-73-74(83-77(80)71-68-65-62-59-56-53-49-30-27-24-21-18-15-12-9-6-3)72-81-75(78)69-66-63-60-57-54-51-48-29-26-23-20-17-14-11-8-5-2/h29-32,48-49,74H,4-28,33-47,50-73H2,1-3H3/b32-31-,48-29-,49-30-. The average Bonchev–Trinajstić information content (AvgIpc) is 3.49. The summed E-state index contributed by atoms with van der Waals surface area (Å²) in [6, 6.07) is 0. The largest absolute Gasteiger partial charge is 0.462 e. The number of carbonyl (C=O) groups excluding carboxylic acids is 3. The molecule has 0 N–H and O–H groups in total. The van der Waals surface area contributed by atoms with Gasteiger partial charge in [0.05, 0.1) is 0 Å². The lowest BCUT2D eigenvalue weighted by molar-refractivity contribution is -0.167. The molecule has 0 heterocycles. The van der Waals surface area contributed by atoms with E-state index in [4.69, 9.17) is 14.2 Å². The number of hydrogen-bond acceptors (Lipinski definition) is 6. The Morgan fingerprint density at radius 2 is 0.398 bits per heavy atom. The van der Waals surface area contributed by atoms with Crippen molar-refractivity contribution in [1.29, 1.82) is 0 Å². The second kappa shape index (κ2) is 72.1. The van der Waals surface area contributed by atoms with E-state index >= 15 is 0 Å². The van der Waals surface area contributed by atoms with E-state index in [1.165, 1.54) is 308 Å². The van der Waals surface area contributed by atoms with Crippen molar-refractivity contribution in [2.24, 2.45) is 0 Å². The monoisotopic (exact) mass is 1170 g/mol. The molecule has 488 valence electrons. The first-order valence-electron chi connectivity index (χ1n) is 37.5. The molecule has 0 saturated carbocycles. The summed E-state index contributed by atoms with van der Waals surface area (Å²) in [5, 5.41) is 0. The van der Waals surface area contributed by atoms with Crippen molar-refractivity contribution in [3.63, 3.8) is 0 Å². The van der Waals surface area contributed by atoms with Crippen molar-refractivity contribution in [3.8, 4) is 0 Å².